The fourth-order valence-corrected chi connectivity index (χ4v) is 2.50. The molecule has 1 aliphatic heterocycles. The van der Waals surface area contributed by atoms with Crippen molar-refractivity contribution >= 4 is 13.5 Å². The monoisotopic (exact) mass is 236 g/mol. The zero-order valence-corrected chi connectivity index (χ0v) is 9.32. The molecule has 0 aromatic heterocycles. The molecule has 0 radical (unpaired) electrons. The van der Waals surface area contributed by atoms with Crippen LogP contribution in [0.2, 0.25) is 0 Å². The van der Waals surface area contributed by atoms with E-state index in [1.807, 2.05) is 0 Å². The van der Waals surface area contributed by atoms with E-state index in [1.54, 1.807) is 0 Å². The molecule has 0 aliphatic carbocycles. The number of hydrogen-bond acceptors (Lipinski definition) is 4. The largest absolute Gasteiger partial charge is 0.395 e. The van der Waals surface area contributed by atoms with Gasteiger partial charge in [-0.3, -0.25) is 25.0 Å². The summed E-state index contributed by atoms with van der Waals surface area (Å²) in [5, 5.41) is 11.5. The van der Waals surface area contributed by atoms with Gasteiger partial charge < -0.3 is 10.4 Å². The molecular formula is C7H17N4O3P. The minimum atomic E-state index is -3.49. The quantitative estimate of drug-likeness (QED) is 0.445. The molecule has 7 nitrogen and oxygen atoms in total. The van der Waals surface area contributed by atoms with E-state index in [9.17, 15) is 9.36 Å². The average molecular weight is 236 g/mol. The van der Waals surface area contributed by atoms with Crippen molar-refractivity contribution in [2.75, 3.05) is 19.7 Å². The lowest BCUT2D eigenvalue weighted by Crippen LogP contribution is -2.51. The summed E-state index contributed by atoms with van der Waals surface area (Å²) in [6, 6.07) is -0.439. The summed E-state index contributed by atoms with van der Waals surface area (Å²) in [5.74, 6) is -0.344. The Morgan fingerprint density at radius 1 is 1.60 bits per heavy atom. The SMILES string of the molecule is NP(N)(=O)N1CCC[C@H](NCCO)C1=O. The van der Waals surface area contributed by atoms with Gasteiger partial charge in [0.05, 0.1) is 12.6 Å². The maximum atomic E-state index is 11.7. The fourth-order valence-electron chi connectivity index (χ4n) is 1.60. The number of piperidine rings is 1. The number of aliphatic hydroxyl groups excluding tert-OH is 1. The molecule has 0 bridgehead atoms. The molecule has 0 aromatic carbocycles. The minimum Gasteiger partial charge on any atom is -0.395 e. The number of nitrogens with zero attached hydrogens (tertiary/aromatic N) is 1. The number of nitrogens with one attached hydrogen (secondary N) is 1. The van der Waals surface area contributed by atoms with Crippen LogP contribution in [0.25, 0.3) is 0 Å². The summed E-state index contributed by atoms with van der Waals surface area (Å²) in [4.78, 5) is 11.7. The van der Waals surface area contributed by atoms with Crippen LogP contribution < -0.4 is 16.3 Å². The number of aliphatic hydroxyl groups is 1. The first-order valence-corrected chi connectivity index (χ1v) is 6.60. The number of amides is 1. The van der Waals surface area contributed by atoms with E-state index in [2.05, 4.69) is 5.32 Å². The first-order valence-electron chi connectivity index (χ1n) is 4.80. The number of rotatable bonds is 4. The van der Waals surface area contributed by atoms with Crippen molar-refractivity contribution in [1.82, 2.24) is 9.99 Å². The minimum absolute atomic E-state index is 0.0489. The highest BCUT2D eigenvalue weighted by Crippen LogP contribution is 2.35. The van der Waals surface area contributed by atoms with Crippen molar-refractivity contribution < 1.29 is 14.5 Å². The maximum absolute atomic E-state index is 11.7. The predicted molar refractivity (Wildman–Crippen MR) is 55.8 cm³/mol. The Hall–Kier alpha value is -0.460. The van der Waals surface area contributed by atoms with E-state index in [0.717, 1.165) is 4.67 Å². The van der Waals surface area contributed by atoms with E-state index in [4.69, 9.17) is 16.1 Å². The van der Waals surface area contributed by atoms with Gasteiger partial charge in [0.2, 0.25) is 5.91 Å². The lowest BCUT2D eigenvalue weighted by molar-refractivity contribution is -0.130. The van der Waals surface area contributed by atoms with Crippen molar-refractivity contribution in [1.29, 1.82) is 0 Å². The molecule has 88 valence electrons. The van der Waals surface area contributed by atoms with Gasteiger partial charge in [0.25, 0.3) is 0 Å². The van der Waals surface area contributed by atoms with Crippen molar-refractivity contribution in [2.45, 2.75) is 18.9 Å². The molecule has 6 N–H and O–H groups in total. The van der Waals surface area contributed by atoms with Gasteiger partial charge in [-0.15, -0.1) is 0 Å². The average Bonchev–Trinajstić information content (AvgIpc) is 2.14. The van der Waals surface area contributed by atoms with Crippen molar-refractivity contribution in [2.24, 2.45) is 11.0 Å². The second-order valence-corrected chi connectivity index (χ2v) is 5.33. The van der Waals surface area contributed by atoms with E-state index >= 15 is 0 Å². The molecule has 1 amide bonds. The third kappa shape index (κ3) is 3.25. The van der Waals surface area contributed by atoms with E-state index in [-0.39, 0.29) is 12.5 Å². The van der Waals surface area contributed by atoms with E-state index in [1.165, 1.54) is 0 Å². The smallest absolute Gasteiger partial charge is 0.302 e. The predicted octanol–water partition coefficient (Wildman–Crippen LogP) is -1.42. The zero-order valence-electron chi connectivity index (χ0n) is 8.43. The number of carbonyl (C=O) groups excluding carboxylic acids is 1. The van der Waals surface area contributed by atoms with Gasteiger partial charge in [-0.05, 0) is 12.8 Å². The van der Waals surface area contributed by atoms with Crippen LogP contribution in [0.4, 0.5) is 0 Å². The van der Waals surface area contributed by atoms with Gasteiger partial charge >= 0.3 is 7.59 Å². The van der Waals surface area contributed by atoms with Crippen molar-refractivity contribution in [3.63, 3.8) is 0 Å². The van der Waals surface area contributed by atoms with Crippen LogP contribution in [0.1, 0.15) is 12.8 Å². The molecular weight excluding hydrogens is 219 g/mol. The molecule has 0 saturated carbocycles. The number of carbonyl (C=O) groups is 1. The van der Waals surface area contributed by atoms with Crippen LogP contribution in [0.3, 0.4) is 0 Å². The zero-order chi connectivity index (χ0) is 11.5. The molecule has 0 unspecified atom stereocenters. The van der Waals surface area contributed by atoms with Gasteiger partial charge in [-0.1, -0.05) is 0 Å². The van der Waals surface area contributed by atoms with Gasteiger partial charge in [-0.25, -0.2) is 0 Å². The van der Waals surface area contributed by atoms with Crippen molar-refractivity contribution in [3.05, 3.63) is 0 Å². The number of hydrogen-bond donors (Lipinski definition) is 4. The fraction of sp³-hybridized carbons (Fsp3) is 0.857. The van der Waals surface area contributed by atoms with Crippen LogP contribution in [-0.4, -0.2) is 41.4 Å². The normalized spacial score (nSPS) is 23.3. The molecule has 1 fully saturated rings. The van der Waals surface area contributed by atoms with Crippen LogP contribution in [0, 0.1) is 0 Å². The maximum Gasteiger partial charge on any atom is 0.302 e. The topological polar surface area (TPSA) is 122 Å². The Morgan fingerprint density at radius 2 is 2.27 bits per heavy atom. The Kier molecular flexibility index (Phi) is 4.24. The summed E-state index contributed by atoms with van der Waals surface area (Å²) in [6.45, 7) is 0.608. The van der Waals surface area contributed by atoms with Crippen molar-refractivity contribution in [3.8, 4) is 0 Å². The molecule has 1 heterocycles. The van der Waals surface area contributed by atoms with Crippen LogP contribution in [0.5, 0.6) is 0 Å². The molecule has 0 aromatic rings. The van der Waals surface area contributed by atoms with E-state index < -0.39 is 13.6 Å². The molecule has 1 atom stereocenters. The summed E-state index contributed by atoms with van der Waals surface area (Å²) in [5.41, 5.74) is 10.5. The molecule has 15 heavy (non-hydrogen) atoms. The van der Waals surface area contributed by atoms with Gasteiger partial charge in [0.15, 0.2) is 0 Å². The highest BCUT2D eigenvalue weighted by molar-refractivity contribution is 7.57. The van der Waals surface area contributed by atoms with Gasteiger partial charge in [0.1, 0.15) is 0 Å². The highest BCUT2D eigenvalue weighted by Gasteiger charge is 2.35. The van der Waals surface area contributed by atoms with Crippen LogP contribution in [-0.2, 0) is 9.36 Å². The molecule has 8 heteroatoms. The van der Waals surface area contributed by atoms with Gasteiger partial charge in [0, 0.05) is 13.1 Å². The summed E-state index contributed by atoms with van der Waals surface area (Å²) in [7, 11) is -3.49. The first-order chi connectivity index (χ1) is 6.96. The van der Waals surface area contributed by atoms with E-state index in [0.29, 0.717) is 25.9 Å². The molecule has 1 aliphatic rings. The standard InChI is InChI=1S/C7H17N4O3P/c8-15(9,14)11-4-1-2-6(7(11)13)10-3-5-12/h6,10,12H,1-5H2,(H4,8,9,14)/t6-/m0/s1. The lowest BCUT2D eigenvalue weighted by atomic mass is 10.1. The first kappa shape index (κ1) is 12.6. The summed E-state index contributed by atoms with van der Waals surface area (Å²) in [6.07, 6.45) is 1.35. The Morgan fingerprint density at radius 3 is 2.80 bits per heavy atom. The Labute approximate surface area is 88.3 Å². The number of nitrogens with two attached hydrogens (primary N) is 2. The van der Waals surface area contributed by atoms with Crippen LogP contribution in [0.15, 0.2) is 0 Å². The Balaban J connectivity index is 2.63. The highest BCUT2D eigenvalue weighted by atomic mass is 31.2. The van der Waals surface area contributed by atoms with Crippen LogP contribution >= 0.6 is 7.59 Å². The second-order valence-electron chi connectivity index (χ2n) is 3.51. The van der Waals surface area contributed by atoms with Gasteiger partial charge in [-0.2, -0.15) is 0 Å². The molecule has 0 spiro atoms. The Bertz CT molecular complexity index is 279. The third-order valence-electron chi connectivity index (χ3n) is 2.30. The second kappa shape index (κ2) is 5.05. The third-order valence-corrected chi connectivity index (χ3v) is 3.45. The summed E-state index contributed by atoms with van der Waals surface area (Å²) < 4.78 is 12.4. The molecule has 1 rings (SSSR count). The molecule has 1 saturated heterocycles. The lowest BCUT2D eigenvalue weighted by Gasteiger charge is -2.34. The summed E-state index contributed by atoms with van der Waals surface area (Å²) >= 11 is 0.